The van der Waals surface area contributed by atoms with Crippen LogP contribution >= 0.6 is 34.8 Å². The third-order valence-corrected chi connectivity index (χ3v) is 5.40. The van der Waals surface area contributed by atoms with Crippen molar-refractivity contribution < 1.29 is 9.53 Å². The van der Waals surface area contributed by atoms with Crippen molar-refractivity contribution in [1.82, 2.24) is 15.1 Å². The summed E-state index contributed by atoms with van der Waals surface area (Å²) in [6.45, 7) is 4.54. The summed E-state index contributed by atoms with van der Waals surface area (Å²) >= 11 is 18.2. The van der Waals surface area contributed by atoms with Crippen molar-refractivity contribution >= 4 is 40.7 Å². The van der Waals surface area contributed by atoms with Crippen LogP contribution < -0.4 is 10.1 Å². The first kappa shape index (κ1) is 21.5. The largest absolute Gasteiger partial charge is 0.486 e. The van der Waals surface area contributed by atoms with Gasteiger partial charge in [-0.2, -0.15) is 5.10 Å². The van der Waals surface area contributed by atoms with E-state index < -0.39 is 0 Å². The van der Waals surface area contributed by atoms with Crippen molar-refractivity contribution in [3.63, 3.8) is 0 Å². The molecule has 0 saturated carbocycles. The predicted molar refractivity (Wildman–Crippen MR) is 116 cm³/mol. The second-order valence-electron chi connectivity index (χ2n) is 6.64. The van der Waals surface area contributed by atoms with Gasteiger partial charge in [0.05, 0.1) is 15.7 Å². The lowest BCUT2D eigenvalue weighted by Gasteiger charge is -2.11. The van der Waals surface area contributed by atoms with E-state index in [1.807, 2.05) is 31.6 Å². The highest BCUT2D eigenvalue weighted by molar-refractivity contribution is 6.40. The number of carbonyl (C=O) groups is 1. The molecule has 1 aromatic heterocycles. The van der Waals surface area contributed by atoms with Gasteiger partial charge >= 0.3 is 0 Å². The van der Waals surface area contributed by atoms with E-state index in [0.717, 1.165) is 22.5 Å². The van der Waals surface area contributed by atoms with Crippen LogP contribution in [0.3, 0.4) is 0 Å². The van der Waals surface area contributed by atoms with Crippen LogP contribution in [0.15, 0.2) is 36.4 Å². The molecule has 8 heteroatoms. The zero-order valence-corrected chi connectivity index (χ0v) is 18.5. The zero-order valence-electron chi connectivity index (χ0n) is 16.2. The molecule has 0 radical (unpaired) electrons. The second kappa shape index (κ2) is 9.08. The van der Waals surface area contributed by atoms with Crippen molar-refractivity contribution in [3.05, 3.63) is 79.5 Å². The molecule has 0 aliphatic heterocycles. The minimum atomic E-state index is -0.169. The SMILES string of the molecule is Cc1nn(C)c(C)c1CNC(=O)c1cccc(COc2c(Cl)cc(Cl)cc2Cl)c1. The number of hydrogen-bond donors (Lipinski definition) is 1. The maximum Gasteiger partial charge on any atom is 0.251 e. The van der Waals surface area contributed by atoms with Crippen molar-refractivity contribution in [1.29, 1.82) is 0 Å². The summed E-state index contributed by atoms with van der Waals surface area (Å²) in [6.07, 6.45) is 0. The van der Waals surface area contributed by atoms with Gasteiger partial charge in [0.2, 0.25) is 0 Å². The lowest BCUT2D eigenvalue weighted by atomic mass is 10.1. The fourth-order valence-electron chi connectivity index (χ4n) is 2.97. The average Bonchev–Trinajstić information content (AvgIpc) is 2.90. The highest BCUT2D eigenvalue weighted by Crippen LogP contribution is 2.36. The standard InChI is InChI=1S/C21H20Cl3N3O2/c1-12-17(13(2)27(3)26-12)10-25-21(28)15-6-4-5-14(7-15)11-29-20-18(23)8-16(22)9-19(20)24/h4-9H,10-11H2,1-3H3,(H,25,28). The molecule has 29 heavy (non-hydrogen) atoms. The molecule has 2 aromatic carbocycles. The van der Waals surface area contributed by atoms with Crippen LogP contribution in [0, 0.1) is 13.8 Å². The third-order valence-electron chi connectivity index (χ3n) is 4.62. The Morgan fingerprint density at radius 1 is 1.14 bits per heavy atom. The first-order chi connectivity index (χ1) is 13.8. The average molecular weight is 453 g/mol. The van der Waals surface area contributed by atoms with E-state index in [-0.39, 0.29) is 12.5 Å². The van der Waals surface area contributed by atoms with Gasteiger partial charge in [0, 0.05) is 35.4 Å². The highest BCUT2D eigenvalue weighted by atomic mass is 35.5. The number of aromatic nitrogens is 2. The van der Waals surface area contributed by atoms with Crippen LogP contribution in [0.5, 0.6) is 5.75 Å². The number of halogens is 3. The molecule has 0 aliphatic carbocycles. The molecule has 0 unspecified atom stereocenters. The van der Waals surface area contributed by atoms with Crippen LogP contribution in [-0.4, -0.2) is 15.7 Å². The topological polar surface area (TPSA) is 56.2 Å². The van der Waals surface area contributed by atoms with E-state index in [0.29, 0.717) is 32.9 Å². The van der Waals surface area contributed by atoms with E-state index in [2.05, 4.69) is 10.4 Å². The molecule has 5 nitrogen and oxygen atoms in total. The van der Waals surface area contributed by atoms with Gasteiger partial charge in [-0.05, 0) is 43.7 Å². The van der Waals surface area contributed by atoms with Gasteiger partial charge in [-0.1, -0.05) is 46.9 Å². The molecule has 152 valence electrons. The molecular weight excluding hydrogens is 433 g/mol. The maximum absolute atomic E-state index is 12.6. The Bertz CT molecular complexity index is 1040. The molecule has 0 saturated heterocycles. The summed E-state index contributed by atoms with van der Waals surface area (Å²) in [4.78, 5) is 12.6. The van der Waals surface area contributed by atoms with E-state index in [1.165, 1.54) is 0 Å². The Morgan fingerprint density at radius 3 is 2.45 bits per heavy atom. The van der Waals surface area contributed by atoms with Crippen molar-refractivity contribution in [2.24, 2.45) is 7.05 Å². The van der Waals surface area contributed by atoms with Crippen molar-refractivity contribution in [2.75, 3.05) is 0 Å². The first-order valence-electron chi connectivity index (χ1n) is 8.90. The molecule has 0 fully saturated rings. The number of ether oxygens (including phenoxy) is 1. The van der Waals surface area contributed by atoms with E-state index in [4.69, 9.17) is 39.5 Å². The maximum atomic E-state index is 12.6. The number of nitrogens with one attached hydrogen (secondary N) is 1. The lowest BCUT2D eigenvalue weighted by molar-refractivity contribution is 0.0950. The highest BCUT2D eigenvalue weighted by Gasteiger charge is 2.13. The van der Waals surface area contributed by atoms with E-state index in [1.54, 1.807) is 30.3 Å². The van der Waals surface area contributed by atoms with E-state index >= 15 is 0 Å². The van der Waals surface area contributed by atoms with Crippen LogP contribution in [0.25, 0.3) is 0 Å². The van der Waals surface area contributed by atoms with Gasteiger partial charge in [-0.15, -0.1) is 0 Å². The smallest absolute Gasteiger partial charge is 0.251 e. The fourth-order valence-corrected chi connectivity index (χ4v) is 3.89. The number of benzene rings is 2. The summed E-state index contributed by atoms with van der Waals surface area (Å²) in [5.41, 5.74) is 4.31. The number of amides is 1. The number of hydrogen-bond acceptors (Lipinski definition) is 3. The number of aryl methyl sites for hydroxylation is 2. The Labute approximate surface area is 184 Å². The Hall–Kier alpha value is -2.21. The van der Waals surface area contributed by atoms with Gasteiger partial charge in [0.15, 0.2) is 5.75 Å². The van der Waals surface area contributed by atoms with Crippen LogP contribution in [0.2, 0.25) is 15.1 Å². The lowest BCUT2D eigenvalue weighted by Crippen LogP contribution is -2.23. The summed E-state index contributed by atoms with van der Waals surface area (Å²) in [7, 11) is 1.89. The monoisotopic (exact) mass is 451 g/mol. The molecule has 0 bridgehead atoms. The first-order valence-corrected chi connectivity index (χ1v) is 10.0. The quantitative estimate of drug-likeness (QED) is 0.537. The minimum Gasteiger partial charge on any atom is -0.486 e. The Kier molecular flexibility index (Phi) is 6.73. The van der Waals surface area contributed by atoms with Gasteiger partial charge in [0.25, 0.3) is 5.91 Å². The van der Waals surface area contributed by atoms with Crippen molar-refractivity contribution in [3.8, 4) is 5.75 Å². The molecule has 0 aliphatic rings. The zero-order chi connectivity index (χ0) is 21.1. The van der Waals surface area contributed by atoms with Crippen LogP contribution in [-0.2, 0) is 20.2 Å². The Balaban J connectivity index is 1.67. The van der Waals surface area contributed by atoms with Crippen molar-refractivity contribution in [2.45, 2.75) is 27.0 Å². The number of nitrogens with zero attached hydrogens (tertiary/aromatic N) is 2. The molecule has 3 aromatic rings. The summed E-state index contributed by atoms with van der Waals surface area (Å²) < 4.78 is 7.55. The summed E-state index contributed by atoms with van der Waals surface area (Å²) in [5.74, 6) is 0.187. The minimum absolute atomic E-state index is 0.169. The molecule has 1 N–H and O–H groups in total. The normalized spacial score (nSPS) is 10.8. The number of carbonyl (C=O) groups excluding carboxylic acids is 1. The summed E-state index contributed by atoms with van der Waals surface area (Å²) in [5, 5.41) is 8.41. The fraction of sp³-hybridized carbons (Fsp3) is 0.238. The number of rotatable bonds is 6. The molecular formula is C21H20Cl3N3O2. The summed E-state index contributed by atoms with van der Waals surface area (Å²) in [6, 6.07) is 10.3. The van der Waals surface area contributed by atoms with E-state index in [9.17, 15) is 4.79 Å². The molecule has 1 heterocycles. The van der Waals surface area contributed by atoms with Crippen LogP contribution in [0.4, 0.5) is 0 Å². The van der Waals surface area contributed by atoms with Gasteiger partial charge < -0.3 is 10.1 Å². The molecule has 0 atom stereocenters. The third kappa shape index (κ3) is 5.04. The van der Waals surface area contributed by atoms with Gasteiger partial charge in [-0.3, -0.25) is 9.48 Å². The van der Waals surface area contributed by atoms with Gasteiger partial charge in [-0.25, -0.2) is 0 Å². The second-order valence-corrected chi connectivity index (χ2v) is 7.89. The Morgan fingerprint density at radius 2 is 1.83 bits per heavy atom. The molecule has 0 spiro atoms. The molecule has 3 rings (SSSR count). The predicted octanol–water partition coefficient (Wildman–Crippen LogP) is 5.51. The van der Waals surface area contributed by atoms with Crippen LogP contribution in [0.1, 0.15) is 32.9 Å². The van der Waals surface area contributed by atoms with Gasteiger partial charge in [0.1, 0.15) is 6.61 Å². The molecule has 1 amide bonds.